The second-order valence-electron chi connectivity index (χ2n) is 4.49. The van der Waals surface area contributed by atoms with E-state index in [2.05, 4.69) is 0 Å². The highest BCUT2D eigenvalue weighted by molar-refractivity contribution is 8.37. The van der Waals surface area contributed by atoms with Gasteiger partial charge in [0.05, 0.1) is 0 Å². The Labute approximate surface area is 148 Å². The molecule has 0 aliphatic rings. The minimum absolute atomic E-state index is 1.96. The van der Waals surface area contributed by atoms with Gasteiger partial charge in [-0.25, -0.2) is 0 Å². The van der Waals surface area contributed by atoms with Crippen LogP contribution in [0.1, 0.15) is 0 Å². The van der Waals surface area contributed by atoms with E-state index in [1.807, 2.05) is 19.6 Å². The Balaban J connectivity index is 6.37. The first-order valence-corrected chi connectivity index (χ1v) is 28.8. The highest BCUT2D eigenvalue weighted by atomic mass is 35.9. The maximum absolute atomic E-state index is 6.24. The number of halogens is 9. The monoisotopic (exact) mass is 500 g/mol. The van der Waals surface area contributed by atoms with Gasteiger partial charge in [0.25, 0.3) is 0 Å². The molecule has 0 heterocycles. The summed E-state index contributed by atoms with van der Waals surface area (Å²) in [4.78, 5) is 0. The van der Waals surface area contributed by atoms with Crippen molar-refractivity contribution in [1.82, 2.24) is 0 Å². The second-order valence-corrected chi connectivity index (χ2v) is 71.8. The van der Waals surface area contributed by atoms with Crippen LogP contribution in [0.15, 0.2) is 0 Å². The first-order chi connectivity index (χ1) is 7.00. The van der Waals surface area contributed by atoms with Crippen LogP contribution < -0.4 is 0 Å². The summed E-state index contributed by atoms with van der Waals surface area (Å²) in [5.41, 5.74) is -10.2. The first kappa shape index (κ1) is 20.7. The van der Waals surface area contributed by atoms with Crippen molar-refractivity contribution in [3.8, 4) is 0 Å². The average molecular weight is 505 g/mol. The lowest BCUT2D eigenvalue weighted by Crippen LogP contribution is -2.87. The summed E-state index contributed by atoms with van der Waals surface area (Å²) in [7, 11) is -2.21. The van der Waals surface area contributed by atoms with E-state index in [9.17, 15) is 0 Å². The molecule has 17 heavy (non-hydrogen) atoms. The third kappa shape index (κ3) is 3.91. The molecule has 0 aliphatic heterocycles. The Morgan fingerprint density at radius 3 is 0.647 bits per heavy atom. The molecule has 0 aromatic rings. The van der Waals surface area contributed by atoms with Gasteiger partial charge in [-0.1, -0.05) is 19.6 Å². The lowest BCUT2D eigenvalue weighted by Gasteiger charge is -2.50. The number of rotatable bonds is 4. The molecule has 0 bridgehead atoms. The van der Waals surface area contributed by atoms with Gasteiger partial charge < -0.3 is 0 Å². The van der Waals surface area contributed by atoms with E-state index in [1.165, 1.54) is 0 Å². The molecule has 0 saturated heterocycles. The van der Waals surface area contributed by atoms with Gasteiger partial charge in [-0.15, -0.1) is 99.7 Å². The van der Waals surface area contributed by atoms with Crippen LogP contribution in [0.4, 0.5) is 0 Å². The molecule has 14 heteroatoms. The molecule has 0 aliphatic carbocycles. The Morgan fingerprint density at radius 1 is 0.471 bits per heavy atom. The Bertz CT molecular complexity index is 217. The summed E-state index contributed by atoms with van der Waals surface area (Å²) in [6, 6.07) is 0. The molecule has 0 radical (unpaired) electrons. The van der Waals surface area contributed by atoms with Crippen molar-refractivity contribution in [2.24, 2.45) is 0 Å². The molecule has 0 amide bonds. The molecular weight excluding hydrogens is 496 g/mol. The maximum atomic E-state index is 6.24. The van der Waals surface area contributed by atoms with Crippen LogP contribution in [-0.4, -0.2) is 30.3 Å². The molecule has 0 spiro atoms. The standard InChI is InChI=1S/C3H9Cl9Si5/c1-13(2,3)17(14(4,5)6,15(7,8)9)16(10,11)12/h1-3H3. The number of hydrogen-bond acceptors (Lipinski definition) is 0. The van der Waals surface area contributed by atoms with Gasteiger partial charge in [0.1, 0.15) is 0 Å². The van der Waals surface area contributed by atoms with Crippen LogP contribution in [0.2, 0.25) is 19.6 Å². The van der Waals surface area contributed by atoms with E-state index < -0.39 is 30.3 Å². The Kier molecular flexibility index (Phi) is 7.38. The van der Waals surface area contributed by atoms with Crippen molar-refractivity contribution in [3.05, 3.63) is 0 Å². The molecule has 0 rings (SSSR count). The van der Waals surface area contributed by atoms with Crippen LogP contribution >= 0.6 is 99.7 Å². The van der Waals surface area contributed by atoms with Gasteiger partial charge in [0.15, 0.2) is 6.14 Å². The van der Waals surface area contributed by atoms with Crippen LogP contribution in [0, 0.1) is 0 Å². The third-order valence-corrected chi connectivity index (χ3v) is 134. The van der Waals surface area contributed by atoms with Gasteiger partial charge >= 0.3 is 16.6 Å². The van der Waals surface area contributed by atoms with Crippen molar-refractivity contribution in [2.75, 3.05) is 0 Å². The van der Waals surface area contributed by atoms with Crippen LogP contribution in [0.3, 0.4) is 0 Å². The fraction of sp³-hybridized carbons (Fsp3) is 1.00. The largest absolute Gasteiger partial charge is 0.326 e. The lowest BCUT2D eigenvalue weighted by atomic mass is 11.8. The van der Waals surface area contributed by atoms with Crippen molar-refractivity contribution < 1.29 is 0 Å². The smallest absolute Gasteiger partial charge is 0.130 e. The predicted octanol–water partition coefficient (Wildman–Crippen LogP) is 6.05. The van der Waals surface area contributed by atoms with Crippen LogP contribution in [-0.2, 0) is 0 Å². The summed E-state index contributed by atoms with van der Waals surface area (Å²) < 4.78 is 0. The summed E-state index contributed by atoms with van der Waals surface area (Å²) in [6.07, 6.45) is -3.16. The predicted molar refractivity (Wildman–Crippen MR) is 99.0 cm³/mol. The zero-order valence-electron chi connectivity index (χ0n) is 8.90. The van der Waals surface area contributed by atoms with Crippen molar-refractivity contribution in [2.45, 2.75) is 19.6 Å². The Morgan fingerprint density at radius 2 is 0.647 bits per heavy atom. The third-order valence-electron chi connectivity index (χ3n) is 2.40. The normalized spacial score (nSPS) is 16.2. The molecule has 0 fully saturated rings. The van der Waals surface area contributed by atoms with Gasteiger partial charge in [0.2, 0.25) is 0 Å². The van der Waals surface area contributed by atoms with Crippen molar-refractivity contribution in [3.63, 3.8) is 0 Å². The van der Waals surface area contributed by atoms with E-state index in [0.29, 0.717) is 0 Å². The van der Waals surface area contributed by atoms with E-state index in [0.717, 1.165) is 0 Å². The Hall–Kier alpha value is 3.69. The van der Waals surface area contributed by atoms with Crippen molar-refractivity contribution >= 4 is 130 Å². The average Bonchev–Trinajstić information content (AvgIpc) is 1.67. The molecule has 104 valence electrons. The second kappa shape index (κ2) is 6.06. The molecule has 0 saturated carbocycles. The van der Waals surface area contributed by atoms with Gasteiger partial charge in [0, 0.05) is 7.59 Å². The van der Waals surface area contributed by atoms with Crippen LogP contribution in [0.5, 0.6) is 0 Å². The molecule has 0 aromatic heterocycles. The van der Waals surface area contributed by atoms with Gasteiger partial charge in [-0.3, -0.25) is 0 Å². The molecule has 0 N–H and O–H groups in total. The SMILES string of the molecule is C[Si](C)(C)[Si]([Si](Cl)(Cl)Cl)([Si](Cl)(Cl)Cl)[Si](Cl)(Cl)Cl. The minimum atomic E-state index is -3.39. The quantitative estimate of drug-likeness (QED) is 0.323. The van der Waals surface area contributed by atoms with Crippen molar-refractivity contribution in [1.29, 1.82) is 0 Å². The zero-order valence-corrected chi connectivity index (χ0v) is 20.7. The van der Waals surface area contributed by atoms with E-state index in [4.69, 9.17) is 99.7 Å². The first-order valence-electron chi connectivity index (χ1n) is 4.20. The summed E-state index contributed by atoms with van der Waals surface area (Å²) >= 11 is 56.1. The molecule has 0 atom stereocenters. The topological polar surface area (TPSA) is 0 Å². The molecular formula is C3H9Cl9Si5. The van der Waals surface area contributed by atoms with E-state index in [1.54, 1.807) is 0 Å². The molecule has 0 aromatic carbocycles. The zero-order chi connectivity index (χ0) is 14.5. The van der Waals surface area contributed by atoms with Gasteiger partial charge in [-0.2, -0.15) is 0 Å². The summed E-state index contributed by atoms with van der Waals surface area (Å²) in [6.45, 7) is 5.87. The van der Waals surface area contributed by atoms with Gasteiger partial charge in [-0.05, 0) is 0 Å². The lowest BCUT2D eigenvalue weighted by molar-refractivity contribution is 1.85. The highest BCUT2D eigenvalue weighted by Crippen LogP contribution is 2.55. The van der Waals surface area contributed by atoms with E-state index in [-0.39, 0.29) is 0 Å². The minimum Gasteiger partial charge on any atom is -0.130 e. The fourth-order valence-corrected chi connectivity index (χ4v) is 220. The molecule has 0 nitrogen and oxygen atoms in total. The fourth-order valence-electron chi connectivity index (χ4n) is 1.76. The molecule has 0 unspecified atom stereocenters. The summed E-state index contributed by atoms with van der Waals surface area (Å²) in [5.74, 6) is 0. The van der Waals surface area contributed by atoms with Crippen LogP contribution in [0.25, 0.3) is 0 Å². The summed E-state index contributed by atoms with van der Waals surface area (Å²) in [5, 5.41) is 0. The van der Waals surface area contributed by atoms with E-state index >= 15 is 0 Å². The highest BCUT2D eigenvalue weighted by Gasteiger charge is 2.82. The number of hydrogen-bond donors (Lipinski definition) is 0. The maximum Gasteiger partial charge on any atom is 0.326 e.